The summed E-state index contributed by atoms with van der Waals surface area (Å²) < 4.78 is 10.8. The topological polar surface area (TPSA) is 90.6 Å². The maximum Gasteiger partial charge on any atom is 0.373 e. The molecule has 0 saturated heterocycles. The number of rotatable bonds is 5. The van der Waals surface area contributed by atoms with E-state index < -0.39 is 4.92 Å². The Balaban J connectivity index is 1.74. The van der Waals surface area contributed by atoms with Crippen molar-refractivity contribution in [1.82, 2.24) is 9.97 Å². The normalized spacial score (nSPS) is 12.6. The van der Waals surface area contributed by atoms with Crippen molar-refractivity contribution < 1.29 is 14.4 Å². The zero-order chi connectivity index (χ0) is 18.8. The number of fused-ring (bicyclic) bond motifs is 1. The molecule has 0 saturated carbocycles. The van der Waals surface area contributed by atoms with Crippen LogP contribution in [0.3, 0.4) is 0 Å². The second kappa shape index (κ2) is 6.91. The molecule has 4 rings (SSSR count). The molecule has 1 aliphatic heterocycles. The number of anilines is 2. The summed E-state index contributed by atoms with van der Waals surface area (Å²) in [7, 11) is 1.56. The summed E-state index contributed by atoms with van der Waals surface area (Å²) in [5.41, 5.74) is 1.78. The van der Waals surface area contributed by atoms with Gasteiger partial charge >= 0.3 is 11.6 Å². The minimum atomic E-state index is -0.505. The number of hydrogen-bond acceptors (Lipinski definition) is 7. The molecular formula is C19H16N4O4. The van der Waals surface area contributed by atoms with Crippen molar-refractivity contribution in [3.8, 4) is 17.4 Å². The van der Waals surface area contributed by atoms with E-state index in [-0.39, 0.29) is 17.4 Å². The summed E-state index contributed by atoms with van der Waals surface area (Å²) >= 11 is 0. The first-order valence-corrected chi connectivity index (χ1v) is 8.34. The molecule has 1 aliphatic rings. The molecule has 0 N–H and O–H groups in total. The molecule has 0 amide bonds. The maximum atomic E-state index is 11.8. The van der Waals surface area contributed by atoms with Crippen LogP contribution in [0, 0.1) is 10.1 Å². The number of nitrogens with zero attached hydrogens (tertiary/aromatic N) is 4. The summed E-state index contributed by atoms with van der Waals surface area (Å²) in [5.74, 6) is 1.21. The SMILES string of the molecule is COc1ccc(Oc2ncnc(N3CCc4ccccc43)c2[N+](=O)[O-])cc1. The molecule has 2 heterocycles. The highest BCUT2D eigenvalue weighted by atomic mass is 16.6. The minimum Gasteiger partial charge on any atom is -0.497 e. The van der Waals surface area contributed by atoms with Crippen LogP contribution in [0.1, 0.15) is 5.56 Å². The van der Waals surface area contributed by atoms with Crippen molar-refractivity contribution >= 4 is 17.2 Å². The van der Waals surface area contributed by atoms with E-state index >= 15 is 0 Å². The van der Waals surface area contributed by atoms with Gasteiger partial charge in [0.1, 0.15) is 17.8 Å². The van der Waals surface area contributed by atoms with Crippen LogP contribution in [0.25, 0.3) is 0 Å². The number of benzene rings is 2. The Bertz CT molecular complexity index is 991. The van der Waals surface area contributed by atoms with E-state index in [1.165, 1.54) is 6.33 Å². The van der Waals surface area contributed by atoms with Crippen LogP contribution in [0.4, 0.5) is 17.2 Å². The molecule has 1 aromatic heterocycles. The van der Waals surface area contributed by atoms with Gasteiger partial charge in [-0.1, -0.05) is 18.2 Å². The minimum absolute atomic E-state index is 0.0976. The summed E-state index contributed by atoms with van der Waals surface area (Å²) in [4.78, 5) is 21.3. The van der Waals surface area contributed by atoms with Crippen LogP contribution < -0.4 is 14.4 Å². The summed E-state index contributed by atoms with van der Waals surface area (Å²) in [6, 6.07) is 14.5. The van der Waals surface area contributed by atoms with Crippen LogP contribution in [0.5, 0.6) is 17.4 Å². The predicted molar refractivity (Wildman–Crippen MR) is 98.9 cm³/mol. The molecule has 0 atom stereocenters. The van der Waals surface area contributed by atoms with Gasteiger partial charge in [0.25, 0.3) is 0 Å². The van der Waals surface area contributed by atoms with E-state index in [1.54, 1.807) is 31.4 Å². The van der Waals surface area contributed by atoms with E-state index in [4.69, 9.17) is 9.47 Å². The smallest absolute Gasteiger partial charge is 0.373 e. The molecule has 0 radical (unpaired) electrons. The molecule has 0 fully saturated rings. The average Bonchev–Trinajstić information content (AvgIpc) is 3.12. The van der Waals surface area contributed by atoms with Crippen LogP contribution >= 0.6 is 0 Å². The molecule has 8 heteroatoms. The first kappa shape index (κ1) is 16.8. The number of ether oxygens (including phenoxy) is 2. The number of methoxy groups -OCH3 is 1. The van der Waals surface area contributed by atoms with Gasteiger partial charge in [0.15, 0.2) is 0 Å². The molecule has 27 heavy (non-hydrogen) atoms. The van der Waals surface area contributed by atoms with Gasteiger partial charge in [0.05, 0.1) is 12.0 Å². The largest absolute Gasteiger partial charge is 0.497 e. The molecule has 3 aromatic rings. The van der Waals surface area contributed by atoms with Gasteiger partial charge in [-0.3, -0.25) is 10.1 Å². The Kier molecular flexibility index (Phi) is 4.29. The van der Waals surface area contributed by atoms with Crippen molar-refractivity contribution in [2.75, 3.05) is 18.6 Å². The van der Waals surface area contributed by atoms with Crippen molar-refractivity contribution in [3.63, 3.8) is 0 Å². The van der Waals surface area contributed by atoms with Crippen LogP contribution in [-0.4, -0.2) is 28.5 Å². The number of aromatic nitrogens is 2. The maximum absolute atomic E-state index is 11.8. The third kappa shape index (κ3) is 3.12. The third-order valence-corrected chi connectivity index (χ3v) is 4.37. The van der Waals surface area contributed by atoms with Crippen molar-refractivity contribution in [3.05, 3.63) is 70.5 Å². The first-order chi connectivity index (χ1) is 13.2. The van der Waals surface area contributed by atoms with Crippen molar-refractivity contribution in [2.24, 2.45) is 0 Å². The molecule has 2 aromatic carbocycles. The van der Waals surface area contributed by atoms with Gasteiger partial charge in [0.2, 0.25) is 5.82 Å². The standard InChI is InChI=1S/C19H16N4O4/c1-26-14-6-8-15(9-7-14)27-19-17(23(24)25)18(20-12-21-19)22-11-10-13-4-2-3-5-16(13)22/h2-9,12H,10-11H2,1H3. The van der Waals surface area contributed by atoms with Crippen LogP contribution in [0.15, 0.2) is 54.9 Å². The zero-order valence-corrected chi connectivity index (χ0v) is 14.5. The molecule has 0 unspecified atom stereocenters. The quantitative estimate of drug-likeness (QED) is 0.501. The van der Waals surface area contributed by atoms with Crippen molar-refractivity contribution in [1.29, 1.82) is 0 Å². The summed E-state index contributed by atoms with van der Waals surface area (Å²) in [5, 5.41) is 11.8. The lowest BCUT2D eigenvalue weighted by Crippen LogP contribution is -2.17. The van der Waals surface area contributed by atoms with Gasteiger partial charge in [-0.25, -0.2) is 4.98 Å². The van der Waals surface area contributed by atoms with Crippen LogP contribution in [0.2, 0.25) is 0 Å². The molecule has 0 bridgehead atoms. The first-order valence-electron chi connectivity index (χ1n) is 8.34. The Hall–Kier alpha value is -3.68. The van der Waals surface area contributed by atoms with Gasteiger partial charge < -0.3 is 14.4 Å². The lowest BCUT2D eigenvalue weighted by atomic mass is 10.2. The van der Waals surface area contributed by atoms with E-state index in [1.807, 2.05) is 29.2 Å². The lowest BCUT2D eigenvalue weighted by molar-refractivity contribution is -0.385. The summed E-state index contributed by atoms with van der Waals surface area (Å²) in [6.07, 6.45) is 2.08. The van der Waals surface area contributed by atoms with Gasteiger partial charge in [-0.05, 0) is 42.3 Å². The second-order valence-corrected chi connectivity index (χ2v) is 5.92. The van der Waals surface area contributed by atoms with Gasteiger partial charge in [-0.15, -0.1) is 0 Å². The number of para-hydroxylation sites is 1. The molecule has 8 nitrogen and oxygen atoms in total. The van der Waals surface area contributed by atoms with E-state index in [0.717, 1.165) is 17.7 Å². The highest BCUT2D eigenvalue weighted by molar-refractivity contribution is 5.75. The fourth-order valence-electron chi connectivity index (χ4n) is 3.10. The van der Waals surface area contributed by atoms with E-state index in [9.17, 15) is 10.1 Å². The van der Waals surface area contributed by atoms with E-state index in [0.29, 0.717) is 18.0 Å². The van der Waals surface area contributed by atoms with E-state index in [2.05, 4.69) is 9.97 Å². The molecular weight excluding hydrogens is 348 g/mol. The van der Waals surface area contributed by atoms with Crippen molar-refractivity contribution in [2.45, 2.75) is 6.42 Å². The second-order valence-electron chi connectivity index (χ2n) is 5.92. The summed E-state index contributed by atoms with van der Waals surface area (Å²) in [6.45, 7) is 0.610. The average molecular weight is 364 g/mol. The number of nitro groups is 1. The Labute approximate surface area is 155 Å². The molecule has 136 valence electrons. The Morgan fingerprint density at radius 2 is 1.81 bits per heavy atom. The number of hydrogen-bond donors (Lipinski definition) is 0. The van der Waals surface area contributed by atoms with Gasteiger partial charge in [0, 0.05) is 12.2 Å². The third-order valence-electron chi connectivity index (χ3n) is 4.37. The highest BCUT2D eigenvalue weighted by Crippen LogP contribution is 2.42. The molecule has 0 spiro atoms. The molecule has 0 aliphatic carbocycles. The predicted octanol–water partition coefficient (Wildman–Crippen LogP) is 3.88. The highest BCUT2D eigenvalue weighted by Gasteiger charge is 2.32. The van der Waals surface area contributed by atoms with Gasteiger partial charge in [-0.2, -0.15) is 4.98 Å². The lowest BCUT2D eigenvalue weighted by Gasteiger charge is -2.18. The fraction of sp³-hybridized carbons (Fsp3) is 0.158. The van der Waals surface area contributed by atoms with Crippen LogP contribution in [-0.2, 0) is 6.42 Å². The monoisotopic (exact) mass is 364 g/mol. The Morgan fingerprint density at radius 3 is 2.56 bits per heavy atom. The fourth-order valence-corrected chi connectivity index (χ4v) is 3.10. The zero-order valence-electron chi connectivity index (χ0n) is 14.5. The Morgan fingerprint density at radius 1 is 1.07 bits per heavy atom.